The molecule has 5 nitrogen and oxygen atoms in total. The van der Waals surface area contributed by atoms with E-state index in [1.165, 1.54) is 32.1 Å². The van der Waals surface area contributed by atoms with Gasteiger partial charge in [-0.15, -0.1) is 0 Å². The van der Waals surface area contributed by atoms with Crippen LogP contribution < -0.4 is 10.1 Å². The van der Waals surface area contributed by atoms with Crippen molar-refractivity contribution in [3.8, 4) is 5.75 Å². The summed E-state index contributed by atoms with van der Waals surface area (Å²) in [5.41, 5.74) is 1.15. The van der Waals surface area contributed by atoms with Crippen molar-refractivity contribution in [2.24, 2.45) is 0 Å². The van der Waals surface area contributed by atoms with Gasteiger partial charge in [-0.2, -0.15) is 4.98 Å². The Morgan fingerprint density at radius 1 is 1.36 bits per heavy atom. The van der Waals surface area contributed by atoms with Gasteiger partial charge in [-0.3, -0.25) is 0 Å². The van der Waals surface area contributed by atoms with E-state index in [0.717, 1.165) is 17.1 Å². The number of hydrogen-bond acceptors (Lipinski definition) is 5. The van der Waals surface area contributed by atoms with E-state index in [0.29, 0.717) is 25.0 Å². The molecule has 5 heteroatoms. The number of rotatable bonds is 8. The van der Waals surface area contributed by atoms with Gasteiger partial charge in [-0.1, -0.05) is 49.2 Å². The minimum absolute atomic E-state index is 0.0163. The quantitative estimate of drug-likeness (QED) is 0.715. The van der Waals surface area contributed by atoms with E-state index in [9.17, 15) is 0 Å². The summed E-state index contributed by atoms with van der Waals surface area (Å²) in [6.45, 7) is 6.95. The largest absolute Gasteiger partial charge is 0.490 e. The molecule has 0 radical (unpaired) electrons. The topological polar surface area (TPSA) is 60.2 Å². The first-order valence-corrected chi connectivity index (χ1v) is 9.16. The average Bonchev–Trinajstić information content (AvgIpc) is 3.16. The summed E-state index contributed by atoms with van der Waals surface area (Å²) < 4.78 is 11.1. The maximum Gasteiger partial charge on any atom is 0.243 e. The maximum atomic E-state index is 5.57. The summed E-state index contributed by atoms with van der Waals surface area (Å²) >= 11 is 0. The van der Waals surface area contributed by atoms with Crippen LogP contribution in [-0.4, -0.2) is 16.7 Å². The van der Waals surface area contributed by atoms with Crippen LogP contribution in [0.15, 0.2) is 41.4 Å². The molecule has 1 aromatic carbocycles. The lowest BCUT2D eigenvalue weighted by Crippen LogP contribution is -2.18. The second-order valence-corrected chi connectivity index (χ2v) is 6.68. The number of aromatic nitrogens is 2. The van der Waals surface area contributed by atoms with Crippen LogP contribution in [0.2, 0.25) is 0 Å². The van der Waals surface area contributed by atoms with Crippen molar-refractivity contribution >= 4 is 0 Å². The number of hydrogen-bond donors (Lipinski definition) is 1. The second-order valence-electron chi connectivity index (χ2n) is 6.68. The predicted octanol–water partition coefficient (Wildman–Crippen LogP) is 4.53. The van der Waals surface area contributed by atoms with E-state index in [-0.39, 0.29) is 6.04 Å². The van der Waals surface area contributed by atoms with Crippen molar-refractivity contribution in [3.63, 3.8) is 0 Å². The molecule has 1 aromatic heterocycles. The fourth-order valence-electron chi connectivity index (χ4n) is 3.21. The van der Waals surface area contributed by atoms with Gasteiger partial charge in [0.2, 0.25) is 5.89 Å². The molecule has 0 bridgehead atoms. The Morgan fingerprint density at radius 3 is 3.00 bits per heavy atom. The summed E-state index contributed by atoms with van der Waals surface area (Å²) in [6, 6.07) is 8.06. The lowest BCUT2D eigenvalue weighted by Gasteiger charge is -2.17. The molecule has 0 amide bonds. The normalized spacial score (nSPS) is 16.5. The van der Waals surface area contributed by atoms with Crippen molar-refractivity contribution in [3.05, 3.63) is 54.2 Å². The van der Waals surface area contributed by atoms with E-state index in [2.05, 4.69) is 35.0 Å². The van der Waals surface area contributed by atoms with Crippen molar-refractivity contribution < 1.29 is 9.26 Å². The van der Waals surface area contributed by atoms with E-state index in [1.54, 1.807) is 6.08 Å². The van der Waals surface area contributed by atoms with Gasteiger partial charge >= 0.3 is 0 Å². The van der Waals surface area contributed by atoms with E-state index < -0.39 is 0 Å². The van der Waals surface area contributed by atoms with Gasteiger partial charge < -0.3 is 14.6 Å². The third-order valence-electron chi connectivity index (χ3n) is 4.68. The van der Waals surface area contributed by atoms with Gasteiger partial charge in [-0.05, 0) is 37.5 Å². The van der Waals surface area contributed by atoms with Crippen LogP contribution in [-0.2, 0) is 6.54 Å². The lowest BCUT2D eigenvalue weighted by atomic mass is 9.89. The summed E-state index contributed by atoms with van der Waals surface area (Å²) in [7, 11) is 0. The van der Waals surface area contributed by atoms with Gasteiger partial charge in [0.05, 0.1) is 6.04 Å². The zero-order chi connectivity index (χ0) is 17.5. The number of benzene rings is 1. The molecular weight excluding hydrogens is 314 g/mol. The smallest absolute Gasteiger partial charge is 0.243 e. The van der Waals surface area contributed by atoms with Crippen LogP contribution in [0.1, 0.15) is 68.3 Å². The number of nitrogens with zero attached hydrogens (tertiary/aromatic N) is 2. The van der Waals surface area contributed by atoms with Gasteiger partial charge in [0.25, 0.3) is 0 Å². The summed E-state index contributed by atoms with van der Waals surface area (Å²) in [6.07, 6.45) is 7.97. The molecule has 25 heavy (non-hydrogen) atoms. The van der Waals surface area contributed by atoms with E-state index in [1.807, 2.05) is 18.2 Å². The summed E-state index contributed by atoms with van der Waals surface area (Å²) in [5, 5.41) is 7.65. The molecule has 3 rings (SSSR count). The molecule has 0 spiro atoms. The first-order chi connectivity index (χ1) is 12.3. The predicted molar refractivity (Wildman–Crippen MR) is 97.5 cm³/mol. The van der Waals surface area contributed by atoms with Gasteiger partial charge in [0, 0.05) is 12.5 Å². The third-order valence-corrected chi connectivity index (χ3v) is 4.68. The number of ether oxygens (including phenoxy) is 1. The average molecular weight is 341 g/mol. The monoisotopic (exact) mass is 341 g/mol. The zero-order valence-corrected chi connectivity index (χ0v) is 14.9. The van der Waals surface area contributed by atoms with Gasteiger partial charge in [-0.25, -0.2) is 0 Å². The molecule has 1 atom stereocenters. The molecule has 1 saturated carbocycles. The lowest BCUT2D eigenvalue weighted by molar-refractivity contribution is 0.329. The highest BCUT2D eigenvalue weighted by atomic mass is 16.5. The summed E-state index contributed by atoms with van der Waals surface area (Å²) in [4.78, 5) is 4.63. The molecular formula is C20H27N3O2. The molecule has 1 heterocycles. The summed E-state index contributed by atoms with van der Waals surface area (Å²) in [5.74, 6) is 2.86. The molecule has 0 aliphatic heterocycles. The Labute approximate surface area is 149 Å². The second kappa shape index (κ2) is 8.81. The minimum Gasteiger partial charge on any atom is -0.490 e. The highest BCUT2D eigenvalue weighted by Gasteiger charge is 2.22. The van der Waals surface area contributed by atoms with Crippen LogP contribution in [0.3, 0.4) is 0 Å². The molecule has 1 aliphatic rings. The Hall–Kier alpha value is -2.14. The molecule has 1 unspecified atom stereocenters. The first kappa shape index (κ1) is 17.7. The molecule has 0 saturated heterocycles. The van der Waals surface area contributed by atoms with Crippen molar-refractivity contribution in [2.45, 2.75) is 57.5 Å². The van der Waals surface area contributed by atoms with Crippen LogP contribution in [0.25, 0.3) is 0 Å². The Morgan fingerprint density at radius 2 is 2.20 bits per heavy atom. The zero-order valence-electron chi connectivity index (χ0n) is 14.9. The maximum absolute atomic E-state index is 5.57. The molecule has 2 aromatic rings. The van der Waals surface area contributed by atoms with E-state index >= 15 is 0 Å². The van der Waals surface area contributed by atoms with Crippen LogP contribution in [0.4, 0.5) is 0 Å². The third kappa shape index (κ3) is 4.92. The van der Waals surface area contributed by atoms with Crippen LogP contribution in [0, 0.1) is 0 Å². The molecule has 1 N–H and O–H groups in total. The van der Waals surface area contributed by atoms with Crippen LogP contribution >= 0.6 is 0 Å². The van der Waals surface area contributed by atoms with E-state index in [4.69, 9.17) is 9.26 Å². The molecule has 1 aliphatic carbocycles. The van der Waals surface area contributed by atoms with Crippen LogP contribution in [0.5, 0.6) is 5.75 Å². The SMILES string of the molecule is C=CCOc1cccc(CNC(C)c2nc(C3CCCCC3)no2)c1. The number of nitrogens with one attached hydrogen (secondary N) is 1. The Bertz CT molecular complexity index is 677. The van der Waals surface area contributed by atoms with Crippen molar-refractivity contribution in [2.75, 3.05) is 6.61 Å². The van der Waals surface area contributed by atoms with Crippen molar-refractivity contribution in [1.82, 2.24) is 15.5 Å². The van der Waals surface area contributed by atoms with Gasteiger partial charge in [0.1, 0.15) is 12.4 Å². The molecule has 134 valence electrons. The first-order valence-electron chi connectivity index (χ1n) is 9.16. The molecule has 1 fully saturated rings. The minimum atomic E-state index is 0.0163. The Balaban J connectivity index is 1.54. The highest BCUT2D eigenvalue weighted by Crippen LogP contribution is 2.31. The fourth-order valence-corrected chi connectivity index (χ4v) is 3.21. The fraction of sp³-hybridized carbons (Fsp3) is 0.500. The van der Waals surface area contributed by atoms with Gasteiger partial charge in [0.15, 0.2) is 5.82 Å². The Kier molecular flexibility index (Phi) is 6.23. The highest BCUT2D eigenvalue weighted by molar-refractivity contribution is 5.28. The van der Waals surface area contributed by atoms with Crippen molar-refractivity contribution in [1.29, 1.82) is 0 Å². The standard InChI is InChI=1S/C20H27N3O2/c1-3-12-24-18-11-7-8-16(13-18)14-21-15(2)20-22-19(23-25-20)17-9-5-4-6-10-17/h3,7-8,11,13,15,17,21H,1,4-6,9-10,12,14H2,2H3.